The van der Waals surface area contributed by atoms with Crippen LogP contribution in [0.5, 0.6) is 5.75 Å². The van der Waals surface area contributed by atoms with E-state index in [1.807, 2.05) is 30.3 Å². The molecule has 0 aliphatic rings. The van der Waals surface area contributed by atoms with Crippen molar-refractivity contribution in [2.24, 2.45) is 0 Å². The molecule has 0 saturated carbocycles. The highest BCUT2D eigenvalue weighted by atomic mass is 28.2. The fraction of sp³-hybridized carbons (Fsp3) is 0.188. The first kappa shape index (κ1) is 13.6. The molecule has 2 aromatic rings. The third-order valence-corrected chi connectivity index (χ3v) is 3.94. The van der Waals surface area contributed by atoms with Crippen LogP contribution in [0, 0.1) is 0 Å². The van der Waals surface area contributed by atoms with Gasteiger partial charge in [0.15, 0.2) is 0 Å². The van der Waals surface area contributed by atoms with E-state index >= 15 is 0 Å². The van der Waals surface area contributed by atoms with Crippen LogP contribution in [0.2, 0.25) is 6.04 Å². The van der Waals surface area contributed by atoms with Crippen LogP contribution >= 0.6 is 0 Å². The molecule has 2 aromatic carbocycles. The molecule has 19 heavy (non-hydrogen) atoms. The Morgan fingerprint density at radius 3 is 2.37 bits per heavy atom. The number of rotatable bonds is 5. The number of aryl methyl sites for hydroxylation is 1. The van der Waals surface area contributed by atoms with Gasteiger partial charge in [-0.2, -0.15) is 0 Å². The SMILES string of the molecule is CC(=O)Oc1ccc(CC[Si]c2ccccc2)cc1. The summed E-state index contributed by atoms with van der Waals surface area (Å²) in [5, 5.41) is 1.40. The van der Waals surface area contributed by atoms with Gasteiger partial charge in [0.25, 0.3) is 0 Å². The molecule has 96 valence electrons. The maximum absolute atomic E-state index is 10.8. The van der Waals surface area contributed by atoms with Crippen molar-refractivity contribution < 1.29 is 9.53 Å². The van der Waals surface area contributed by atoms with Crippen molar-refractivity contribution >= 4 is 20.7 Å². The van der Waals surface area contributed by atoms with Crippen LogP contribution in [-0.2, 0) is 11.2 Å². The summed E-state index contributed by atoms with van der Waals surface area (Å²) < 4.78 is 5.01. The molecule has 0 spiro atoms. The molecule has 2 rings (SSSR count). The molecular formula is C16H16O2Si. The zero-order chi connectivity index (χ0) is 13.5. The standard InChI is InChI=1S/C16H16O2Si/c1-13(17)18-15-9-7-14(8-10-15)11-12-19-16-5-3-2-4-6-16/h2-10H,11-12H2,1H3. The van der Waals surface area contributed by atoms with Gasteiger partial charge in [-0.1, -0.05) is 53.7 Å². The van der Waals surface area contributed by atoms with E-state index in [1.54, 1.807) is 0 Å². The molecule has 0 bridgehead atoms. The molecule has 0 N–H and O–H groups in total. The van der Waals surface area contributed by atoms with Gasteiger partial charge in [-0.25, -0.2) is 0 Å². The summed E-state index contributed by atoms with van der Waals surface area (Å²) in [4.78, 5) is 10.8. The minimum Gasteiger partial charge on any atom is -0.427 e. The Bertz CT molecular complexity index is 520. The first-order chi connectivity index (χ1) is 9.24. The van der Waals surface area contributed by atoms with E-state index in [2.05, 4.69) is 24.3 Å². The zero-order valence-electron chi connectivity index (χ0n) is 10.9. The van der Waals surface area contributed by atoms with Gasteiger partial charge in [-0.05, 0) is 24.1 Å². The highest BCUT2D eigenvalue weighted by Gasteiger charge is 1.99. The largest absolute Gasteiger partial charge is 0.427 e. The Morgan fingerprint density at radius 2 is 1.74 bits per heavy atom. The zero-order valence-corrected chi connectivity index (χ0v) is 11.9. The van der Waals surface area contributed by atoms with Crippen LogP contribution < -0.4 is 9.92 Å². The molecular weight excluding hydrogens is 252 g/mol. The Balaban J connectivity index is 1.81. The minimum atomic E-state index is -0.279. The summed E-state index contributed by atoms with van der Waals surface area (Å²) in [5.41, 5.74) is 1.28. The quantitative estimate of drug-likeness (QED) is 0.473. The van der Waals surface area contributed by atoms with Gasteiger partial charge in [0, 0.05) is 6.92 Å². The van der Waals surface area contributed by atoms with Crippen LogP contribution in [-0.4, -0.2) is 15.5 Å². The van der Waals surface area contributed by atoms with Crippen molar-refractivity contribution in [1.82, 2.24) is 0 Å². The van der Waals surface area contributed by atoms with Gasteiger partial charge >= 0.3 is 5.97 Å². The van der Waals surface area contributed by atoms with Crippen molar-refractivity contribution in [3.63, 3.8) is 0 Å². The fourth-order valence-corrected chi connectivity index (χ4v) is 2.93. The number of hydrogen-bond donors (Lipinski definition) is 0. The summed E-state index contributed by atoms with van der Waals surface area (Å²) >= 11 is 0. The van der Waals surface area contributed by atoms with E-state index in [4.69, 9.17) is 4.74 Å². The number of esters is 1. The van der Waals surface area contributed by atoms with Gasteiger partial charge in [-0.15, -0.1) is 0 Å². The van der Waals surface area contributed by atoms with Gasteiger partial charge in [0.2, 0.25) is 0 Å². The summed E-state index contributed by atoms with van der Waals surface area (Å²) in [6, 6.07) is 19.4. The highest BCUT2D eigenvalue weighted by Crippen LogP contribution is 2.13. The number of carbonyl (C=O) groups excluding carboxylic acids is 1. The number of benzene rings is 2. The van der Waals surface area contributed by atoms with Crippen LogP contribution in [0.25, 0.3) is 0 Å². The van der Waals surface area contributed by atoms with Crippen molar-refractivity contribution in [3.8, 4) is 5.75 Å². The van der Waals surface area contributed by atoms with Crippen LogP contribution in [0.3, 0.4) is 0 Å². The van der Waals surface area contributed by atoms with E-state index in [-0.39, 0.29) is 5.97 Å². The average Bonchev–Trinajstić information content (AvgIpc) is 2.41. The number of carbonyl (C=O) groups is 1. The van der Waals surface area contributed by atoms with Crippen LogP contribution in [0.4, 0.5) is 0 Å². The van der Waals surface area contributed by atoms with Crippen molar-refractivity contribution in [2.45, 2.75) is 19.4 Å². The third-order valence-electron chi connectivity index (χ3n) is 2.70. The van der Waals surface area contributed by atoms with E-state index in [0.29, 0.717) is 5.75 Å². The third kappa shape index (κ3) is 4.71. The second-order valence-electron chi connectivity index (χ2n) is 4.28. The smallest absolute Gasteiger partial charge is 0.308 e. The predicted molar refractivity (Wildman–Crippen MR) is 78.1 cm³/mol. The normalized spacial score (nSPS) is 10.2. The van der Waals surface area contributed by atoms with Crippen LogP contribution in [0.15, 0.2) is 54.6 Å². The van der Waals surface area contributed by atoms with Gasteiger partial charge < -0.3 is 4.74 Å². The van der Waals surface area contributed by atoms with Gasteiger partial charge in [-0.3, -0.25) is 4.79 Å². The molecule has 0 unspecified atom stereocenters. The lowest BCUT2D eigenvalue weighted by atomic mass is 10.2. The van der Waals surface area contributed by atoms with E-state index < -0.39 is 0 Å². The molecule has 2 radical (unpaired) electrons. The summed E-state index contributed by atoms with van der Waals surface area (Å²) in [7, 11) is 0.838. The van der Waals surface area contributed by atoms with Gasteiger partial charge in [0.1, 0.15) is 5.75 Å². The second-order valence-corrected chi connectivity index (χ2v) is 5.71. The lowest BCUT2D eigenvalue weighted by molar-refractivity contribution is -0.131. The predicted octanol–water partition coefficient (Wildman–Crippen LogP) is 2.60. The lowest BCUT2D eigenvalue weighted by Crippen LogP contribution is -2.13. The number of ether oxygens (including phenoxy) is 1. The molecule has 0 aromatic heterocycles. The van der Waals surface area contributed by atoms with E-state index in [9.17, 15) is 4.79 Å². The molecule has 2 nitrogen and oxygen atoms in total. The summed E-state index contributed by atoms with van der Waals surface area (Å²) in [6.45, 7) is 1.41. The lowest BCUT2D eigenvalue weighted by Gasteiger charge is -2.04. The highest BCUT2D eigenvalue weighted by molar-refractivity contribution is 6.53. The maximum Gasteiger partial charge on any atom is 0.308 e. The van der Waals surface area contributed by atoms with E-state index in [0.717, 1.165) is 22.0 Å². The summed E-state index contributed by atoms with van der Waals surface area (Å²) in [5.74, 6) is 0.333. The Kier molecular flexibility index (Phi) is 4.92. The molecule has 0 atom stereocenters. The van der Waals surface area contributed by atoms with E-state index in [1.165, 1.54) is 17.7 Å². The van der Waals surface area contributed by atoms with Crippen molar-refractivity contribution in [3.05, 3.63) is 60.2 Å². The monoisotopic (exact) mass is 268 g/mol. The molecule has 3 heteroatoms. The Labute approximate surface area is 116 Å². The molecule has 0 heterocycles. The molecule has 0 aliphatic heterocycles. The van der Waals surface area contributed by atoms with Crippen molar-refractivity contribution in [1.29, 1.82) is 0 Å². The topological polar surface area (TPSA) is 26.3 Å². The maximum atomic E-state index is 10.8. The van der Waals surface area contributed by atoms with Gasteiger partial charge in [0.05, 0.1) is 9.52 Å². The molecule has 0 aliphatic carbocycles. The average molecular weight is 268 g/mol. The molecule has 0 amide bonds. The van der Waals surface area contributed by atoms with Crippen LogP contribution in [0.1, 0.15) is 12.5 Å². The first-order valence-electron chi connectivity index (χ1n) is 6.30. The van der Waals surface area contributed by atoms with Crippen molar-refractivity contribution in [2.75, 3.05) is 0 Å². The Morgan fingerprint density at radius 1 is 1.05 bits per heavy atom. The first-order valence-corrected chi connectivity index (χ1v) is 7.51. The number of hydrogen-bond acceptors (Lipinski definition) is 2. The summed E-state index contributed by atoms with van der Waals surface area (Å²) in [6.07, 6.45) is 1.05. The Hall–Kier alpha value is -1.87. The molecule has 0 saturated heterocycles. The minimum absolute atomic E-state index is 0.279. The molecule has 0 fully saturated rings. The fourth-order valence-electron chi connectivity index (χ4n) is 1.80. The second kappa shape index (κ2) is 6.90.